The quantitative estimate of drug-likeness (QED) is 0.807. The number of nitrogens with one attached hydrogen (secondary N) is 2. The van der Waals surface area contributed by atoms with E-state index in [4.69, 9.17) is 0 Å². The fraction of sp³-hybridized carbons (Fsp3) is 0.500. The van der Waals surface area contributed by atoms with Crippen LogP contribution in [0.15, 0.2) is 21.7 Å². The van der Waals surface area contributed by atoms with E-state index in [9.17, 15) is 4.79 Å². The molecule has 14 heavy (non-hydrogen) atoms. The van der Waals surface area contributed by atoms with E-state index in [0.717, 1.165) is 18.5 Å². The first-order valence-corrected chi connectivity index (χ1v) is 5.68. The smallest absolute Gasteiger partial charge is 0.200 e. The van der Waals surface area contributed by atoms with Crippen molar-refractivity contribution >= 4 is 15.9 Å². The molecule has 0 radical (unpaired) electrons. The lowest BCUT2D eigenvalue weighted by Crippen LogP contribution is -2.30. The van der Waals surface area contributed by atoms with Crippen LogP contribution >= 0.6 is 15.9 Å². The van der Waals surface area contributed by atoms with Gasteiger partial charge in [-0.2, -0.15) is 0 Å². The maximum Gasteiger partial charge on any atom is 0.200 e. The molecule has 2 N–H and O–H groups in total. The molecular weight excluding hydrogens is 244 g/mol. The van der Waals surface area contributed by atoms with Crippen LogP contribution in [-0.4, -0.2) is 11.5 Å². The molecule has 0 aliphatic carbocycles. The average molecular weight is 257 g/mol. The molecule has 0 spiro atoms. The zero-order valence-electron chi connectivity index (χ0n) is 7.85. The third-order valence-electron chi connectivity index (χ3n) is 2.61. The first-order valence-electron chi connectivity index (χ1n) is 4.89. The van der Waals surface area contributed by atoms with Gasteiger partial charge in [-0.05, 0) is 35.3 Å². The number of piperidine rings is 1. The number of hydrogen-bond acceptors (Lipinski definition) is 2. The number of halogens is 1. The van der Waals surface area contributed by atoms with Gasteiger partial charge in [0.25, 0.3) is 0 Å². The van der Waals surface area contributed by atoms with E-state index in [-0.39, 0.29) is 11.5 Å². The predicted molar refractivity (Wildman–Crippen MR) is 59.4 cm³/mol. The van der Waals surface area contributed by atoms with Gasteiger partial charge in [0.1, 0.15) is 0 Å². The highest BCUT2D eigenvalue weighted by Gasteiger charge is 2.17. The van der Waals surface area contributed by atoms with Crippen molar-refractivity contribution in [2.24, 2.45) is 0 Å². The Kier molecular flexibility index (Phi) is 3.03. The Morgan fingerprint density at radius 3 is 2.93 bits per heavy atom. The molecule has 2 heterocycles. The highest BCUT2D eigenvalue weighted by molar-refractivity contribution is 9.10. The summed E-state index contributed by atoms with van der Waals surface area (Å²) in [6, 6.07) is 0.227. The van der Waals surface area contributed by atoms with Crippen LogP contribution in [-0.2, 0) is 0 Å². The van der Waals surface area contributed by atoms with Gasteiger partial charge in [0, 0.05) is 24.0 Å². The summed E-state index contributed by atoms with van der Waals surface area (Å²) in [5.74, 6) is 0. The van der Waals surface area contributed by atoms with E-state index in [1.165, 1.54) is 12.8 Å². The second-order valence-electron chi connectivity index (χ2n) is 3.59. The van der Waals surface area contributed by atoms with Crippen LogP contribution in [0, 0.1) is 0 Å². The molecule has 4 heteroatoms. The molecule has 0 saturated carbocycles. The van der Waals surface area contributed by atoms with Gasteiger partial charge in [0.15, 0.2) is 5.43 Å². The van der Waals surface area contributed by atoms with Gasteiger partial charge in [-0.15, -0.1) is 0 Å². The molecule has 0 unspecified atom stereocenters. The van der Waals surface area contributed by atoms with Crippen molar-refractivity contribution in [1.82, 2.24) is 10.3 Å². The third-order valence-corrected chi connectivity index (χ3v) is 3.20. The highest BCUT2D eigenvalue weighted by atomic mass is 79.9. The zero-order chi connectivity index (χ0) is 9.97. The number of hydrogen-bond donors (Lipinski definition) is 2. The lowest BCUT2D eigenvalue weighted by molar-refractivity contribution is 0.410. The van der Waals surface area contributed by atoms with E-state index < -0.39 is 0 Å². The highest BCUT2D eigenvalue weighted by Crippen LogP contribution is 2.20. The Bertz CT molecular complexity index is 369. The topological polar surface area (TPSA) is 44.9 Å². The molecule has 1 aromatic rings. The lowest BCUT2D eigenvalue weighted by atomic mass is 9.99. The largest absolute Gasteiger partial charge is 0.366 e. The molecule has 0 aromatic carbocycles. The number of aromatic nitrogens is 1. The van der Waals surface area contributed by atoms with E-state index in [1.54, 1.807) is 12.4 Å². The molecule has 1 saturated heterocycles. The van der Waals surface area contributed by atoms with E-state index in [0.29, 0.717) is 4.47 Å². The van der Waals surface area contributed by atoms with Gasteiger partial charge in [-0.1, -0.05) is 6.42 Å². The summed E-state index contributed by atoms with van der Waals surface area (Å²) in [5, 5.41) is 3.36. The minimum atomic E-state index is 0.100. The minimum Gasteiger partial charge on any atom is -0.366 e. The van der Waals surface area contributed by atoms with Crippen LogP contribution < -0.4 is 10.7 Å². The van der Waals surface area contributed by atoms with Crippen LogP contribution in [0.25, 0.3) is 0 Å². The molecule has 1 aromatic heterocycles. The summed E-state index contributed by atoms with van der Waals surface area (Å²) < 4.78 is 0.613. The van der Waals surface area contributed by atoms with Crippen LogP contribution in [0.3, 0.4) is 0 Å². The number of H-pyrrole nitrogens is 1. The van der Waals surface area contributed by atoms with Gasteiger partial charge in [-0.3, -0.25) is 4.79 Å². The lowest BCUT2D eigenvalue weighted by Gasteiger charge is -2.23. The van der Waals surface area contributed by atoms with Gasteiger partial charge in [0.05, 0.1) is 4.47 Å². The summed E-state index contributed by atoms with van der Waals surface area (Å²) in [4.78, 5) is 14.7. The Hall–Kier alpha value is -0.610. The maximum absolute atomic E-state index is 11.8. The van der Waals surface area contributed by atoms with Crippen molar-refractivity contribution in [3.8, 4) is 0 Å². The predicted octanol–water partition coefficient (Wildman–Crippen LogP) is 1.95. The van der Waals surface area contributed by atoms with Crippen LogP contribution in [0.5, 0.6) is 0 Å². The van der Waals surface area contributed by atoms with Crippen molar-refractivity contribution in [2.45, 2.75) is 25.3 Å². The maximum atomic E-state index is 11.8. The fourth-order valence-corrected chi connectivity index (χ4v) is 2.21. The summed E-state index contributed by atoms with van der Waals surface area (Å²) in [7, 11) is 0. The summed E-state index contributed by atoms with van der Waals surface area (Å²) in [6.07, 6.45) is 6.94. The molecule has 1 fully saturated rings. The SMILES string of the molecule is O=c1c(Br)c[nH]cc1[C@H]1CCCCN1. The Morgan fingerprint density at radius 2 is 2.21 bits per heavy atom. The third kappa shape index (κ3) is 1.91. The van der Waals surface area contributed by atoms with Crippen LogP contribution in [0.1, 0.15) is 30.9 Å². The van der Waals surface area contributed by atoms with Crippen LogP contribution in [0.2, 0.25) is 0 Å². The van der Waals surface area contributed by atoms with Crippen molar-refractivity contribution in [3.63, 3.8) is 0 Å². The molecular formula is C10H13BrN2O. The molecule has 1 aliphatic rings. The molecule has 1 aliphatic heterocycles. The molecule has 2 rings (SSSR count). The number of pyridine rings is 1. The Balaban J connectivity index is 2.31. The second-order valence-corrected chi connectivity index (χ2v) is 4.44. The van der Waals surface area contributed by atoms with E-state index in [1.807, 2.05) is 0 Å². The molecule has 0 amide bonds. The van der Waals surface area contributed by atoms with Gasteiger partial charge in [-0.25, -0.2) is 0 Å². The average Bonchev–Trinajstić information content (AvgIpc) is 2.23. The normalized spacial score (nSPS) is 22.2. The molecule has 0 bridgehead atoms. The van der Waals surface area contributed by atoms with E-state index in [2.05, 4.69) is 26.2 Å². The Morgan fingerprint density at radius 1 is 1.36 bits per heavy atom. The number of rotatable bonds is 1. The van der Waals surface area contributed by atoms with Crippen LogP contribution in [0.4, 0.5) is 0 Å². The summed E-state index contributed by atoms with van der Waals surface area (Å²) in [6.45, 7) is 1.01. The minimum absolute atomic E-state index is 0.100. The first-order chi connectivity index (χ1) is 6.79. The van der Waals surface area contributed by atoms with Gasteiger partial charge in [0.2, 0.25) is 0 Å². The fourth-order valence-electron chi connectivity index (χ4n) is 1.85. The molecule has 1 atom stereocenters. The standard InChI is InChI=1S/C10H13BrN2O/c11-8-6-12-5-7(10(8)14)9-3-1-2-4-13-9/h5-6,9,13H,1-4H2,(H,12,14)/t9-/m1/s1. The van der Waals surface area contributed by atoms with Crippen molar-refractivity contribution < 1.29 is 0 Å². The monoisotopic (exact) mass is 256 g/mol. The Labute approximate surface area is 91.0 Å². The van der Waals surface area contributed by atoms with E-state index >= 15 is 0 Å². The second kappa shape index (κ2) is 4.28. The van der Waals surface area contributed by atoms with Crippen molar-refractivity contribution in [3.05, 3.63) is 32.7 Å². The first kappa shape index (κ1) is 9.93. The van der Waals surface area contributed by atoms with Gasteiger partial charge >= 0.3 is 0 Å². The molecule has 3 nitrogen and oxygen atoms in total. The van der Waals surface area contributed by atoms with Crippen molar-refractivity contribution in [1.29, 1.82) is 0 Å². The number of aromatic amines is 1. The summed E-state index contributed by atoms with van der Waals surface area (Å²) >= 11 is 3.24. The molecule has 76 valence electrons. The zero-order valence-corrected chi connectivity index (χ0v) is 9.43. The van der Waals surface area contributed by atoms with Gasteiger partial charge < -0.3 is 10.3 Å². The van der Waals surface area contributed by atoms with Crippen molar-refractivity contribution in [2.75, 3.05) is 6.54 Å². The summed E-state index contributed by atoms with van der Waals surface area (Å²) in [5.41, 5.74) is 0.947.